The van der Waals surface area contributed by atoms with E-state index in [0.717, 1.165) is 25.8 Å². The monoisotopic (exact) mass is 247 g/mol. The lowest BCUT2D eigenvalue weighted by Gasteiger charge is -2.25. The Morgan fingerprint density at radius 1 is 1.28 bits per heavy atom. The third-order valence-corrected chi connectivity index (χ3v) is 3.76. The normalized spacial score (nSPS) is 16.5. The van der Waals surface area contributed by atoms with Crippen molar-refractivity contribution in [3.05, 3.63) is 35.4 Å². The van der Waals surface area contributed by atoms with Crippen molar-refractivity contribution < 1.29 is 9.90 Å². The van der Waals surface area contributed by atoms with Gasteiger partial charge in [0.05, 0.1) is 0 Å². The van der Waals surface area contributed by atoms with E-state index in [4.69, 9.17) is 0 Å². The molecule has 0 radical (unpaired) electrons. The van der Waals surface area contributed by atoms with Crippen molar-refractivity contribution in [3.8, 4) is 0 Å². The predicted molar refractivity (Wildman–Crippen MR) is 71.7 cm³/mol. The van der Waals surface area contributed by atoms with E-state index in [1.807, 2.05) is 24.3 Å². The van der Waals surface area contributed by atoms with Crippen molar-refractivity contribution in [2.45, 2.75) is 44.6 Å². The second kappa shape index (κ2) is 5.53. The van der Waals surface area contributed by atoms with E-state index < -0.39 is 11.5 Å². The van der Waals surface area contributed by atoms with Crippen LogP contribution in [0.2, 0.25) is 0 Å². The molecule has 0 atom stereocenters. The third-order valence-electron chi connectivity index (χ3n) is 3.76. The zero-order chi connectivity index (χ0) is 13.0. The second-order valence-electron chi connectivity index (χ2n) is 5.14. The molecule has 2 N–H and O–H groups in total. The van der Waals surface area contributed by atoms with Crippen molar-refractivity contribution in [1.82, 2.24) is 5.32 Å². The summed E-state index contributed by atoms with van der Waals surface area (Å²) in [6, 6.07) is 8.03. The Hall–Kier alpha value is -1.35. The van der Waals surface area contributed by atoms with Crippen LogP contribution in [-0.4, -0.2) is 23.2 Å². The summed E-state index contributed by atoms with van der Waals surface area (Å²) in [4.78, 5) is 11.6. The average molecular weight is 247 g/mol. The van der Waals surface area contributed by atoms with Gasteiger partial charge in [0.2, 0.25) is 0 Å². The molecule has 98 valence electrons. The van der Waals surface area contributed by atoms with E-state index >= 15 is 0 Å². The molecule has 1 aliphatic carbocycles. The molecule has 1 aliphatic rings. The number of carbonyl (C=O) groups is 1. The van der Waals surface area contributed by atoms with E-state index in [0.29, 0.717) is 12.8 Å². The molecule has 0 saturated carbocycles. The molecule has 0 fully saturated rings. The molecule has 1 aromatic carbocycles. The van der Waals surface area contributed by atoms with Gasteiger partial charge in [-0.25, -0.2) is 0 Å². The van der Waals surface area contributed by atoms with Gasteiger partial charge in [0.25, 0.3) is 0 Å². The van der Waals surface area contributed by atoms with Crippen molar-refractivity contribution in [3.63, 3.8) is 0 Å². The maximum absolute atomic E-state index is 11.6. The van der Waals surface area contributed by atoms with Crippen LogP contribution < -0.4 is 5.32 Å². The summed E-state index contributed by atoms with van der Waals surface area (Å²) in [5.41, 5.74) is 1.56. The first-order chi connectivity index (χ1) is 8.68. The molecule has 0 aliphatic heterocycles. The fourth-order valence-electron chi connectivity index (χ4n) is 2.67. The second-order valence-corrected chi connectivity index (χ2v) is 5.14. The number of unbranched alkanes of at least 4 members (excludes halogenated alkanes) is 2. The van der Waals surface area contributed by atoms with Crippen LogP contribution in [0.3, 0.4) is 0 Å². The molecule has 2 rings (SSSR count). The Labute approximate surface area is 108 Å². The smallest absolute Gasteiger partial charge is 0.324 e. The van der Waals surface area contributed by atoms with Gasteiger partial charge in [-0.1, -0.05) is 44.0 Å². The van der Waals surface area contributed by atoms with Crippen LogP contribution in [0, 0.1) is 0 Å². The number of hydrogen-bond donors (Lipinski definition) is 2. The minimum absolute atomic E-state index is 0.602. The minimum atomic E-state index is -0.780. The summed E-state index contributed by atoms with van der Waals surface area (Å²) in [6.07, 6.45) is 4.55. The lowest BCUT2D eigenvalue weighted by atomic mass is 9.95. The molecular formula is C15H21NO2. The molecule has 0 spiro atoms. The molecule has 0 unspecified atom stereocenters. The van der Waals surface area contributed by atoms with Gasteiger partial charge in [-0.15, -0.1) is 0 Å². The third kappa shape index (κ3) is 2.56. The number of benzene rings is 1. The van der Waals surface area contributed by atoms with Gasteiger partial charge in [-0.2, -0.15) is 0 Å². The van der Waals surface area contributed by atoms with Gasteiger partial charge in [-0.3, -0.25) is 4.79 Å². The molecule has 0 amide bonds. The molecule has 0 heterocycles. The Morgan fingerprint density at radius 2 is 1.89 bits per heavy atom. The quantitative estimate of drug-likeness (QED) is 0.759. The van der Waals surface area contributed by atoms with Crippen LogP contribution in [0.1, 0.15) is 37.3 Å². The first kappa shape index (κ1) is 13.1. The first-order valence-electron chi connectivity index (χ1n) is 6.73. The highest BCUT2D eigenvalue weighted by atomic mass is 16.4. The predicted octanol–water partition coefficient (Wildman–Crippen LogP) is 2.39. The van der Waals surface area contributed by atoms with Crippen LogP contribution in [-0.2, 0) is 17.6 Å². The Balaban J connectivity index is 2.05. The van der Waals surface area contributed by atoms with E-state index in [2.05, 4.69) is 12.2 Å². The standard InChI is InChI=1S/C15H21NO2/c1-2-3-6-9-16-15(14(17)18)10-12-7-4-5-8-13(12)11-15/h4-5,7-8,16H,2-3,6,9-11H2,1H3,(H,17,18). The lowest BCUT2D eigenvalue weighted by Crippen LogP contribution is -2.53. The van der Waals surface area contributed by atoms with Gasteiger partial charge >= 0.3 is 5.97 Å². The fraction of sp³-hybridized carbons (Fsp3) is 0.533. The van der Waals surface area contributed by atoms with Crippen LogP contribution in [0.15, 0.2) is 24.3 Å². The van der Waals surface area contributed by atoms with Crippen LogP contribution in [0.25, 0.3) is 0 Å². The summed E-state index contributed by atoms with van der Waals surface area (Å²) in [5, 5.41) is 12.8. The summed E-state index contributed by atoms with van der Waals surface area (Å²) < 4.78 is 0. The van der Waals surface area contributed by atoms with Gasteiger partial charge < -0.3 is 10.4 Å². The fourth-order valence-corrected chi connectivity index (χ4v) is 2.67. The van der Waals surface area contributed by atoms with Gasteiger partial charge in [0.1, 0.15) is 5.54 Å². The highest BCUT2D eigenvalue weighted by Gasteiger charge is 2.43. The Morgan fingerprint density at radius 3 is 2.39 bits per heavy atom. The highest BCUT2D eigenvalue weighted by molar-refractivity contribution is 5.81. The van der Waals surface area contributed by atoms with Crippen molar-refractivity contribution in [2.24, 2.45) is 0 Å². The van der Waals surface area contributed by atoms with Crippen molar-refractivity contribution in [1.29, 1.82) is 0 Å². The molecule has 3 nitrogen and oxygen atoms in total. The molecule has 0 saturated heterocycles. The number of fused-ring (bicyclic) bond motifs is 1. The highest BCUT2D eigenvalue weighted by Crippen LogP contribution is 2.30. The summed E-state index contributed by atoms with van der Waals surface area (Å²) in [5.74, 6) is -0.727. The number of rotatable bonds is 6. The zero-order valence-electron chi connectivity index (χ0n) is 10.9. The van der Waals surface area contributed by atoms with Gasteiger partial charge in [-0.05, 0) is 24.1 Å². The molecule has 0 aromatic heterocycles. The number of aliphatic carboxylic acids is 1. The van der Waals surface area contributed by atoms with Crippen molar-refractivity contribution >= 4 is 5.97 Å². The number of hydrogen-bond acceptors (Lipinski definition) is 2. The molecule has 18 heavy (non-hydrogen) atoms. The molecule has 1 aromatic rings. The van der Waals surface area contributed by atoms with E-state index in [1.54, 1.807) is 0 Å². The number of carboxylic acid groups (broad SMARTS) is 1. The van der Waals surface area contributed by atoms with E-state index in [9.17, 15) is 9.90 Å². The number of nitrogens with one attached hydrogen (secondary N) is 1. The topological polar surface area (TPSA) is 49.3 Å². The molecule has 0 bridgehead atoms. The minimum Gasteiger partial charge on any atom is -0.480 e. The largest absolute Gasteiger partial charge is 0.480 e. The summed E-state index contributed by atoms with van der Waals surface area (Å²) in [6.45, 7) is 2.94. The van der Waals surface area contributed by atoms with E-state index in [-0.39, 0.29) is 0 Å². The average Bonchev–Trinajstić information content (AvgIpc) is 2.74. The van der Waals surface area contributed by atoms with Crippen LogP contribution in [0.4, 0.5) is 0 Å². The zero-order valence-corrected chi connectivity index (χ0v) is 10.9. The van der Waals surface area contributed by atoms with Gasteiger partial charge in [0, 0.05) is 12.8 Å². The summed E-state index contributed by atoms with van der Waals surface area (Å²) >= 11 is 0. The van der Waals surface area contributed by atoms with Crippen molar-refractivity contribution in [2.75, 3.05) is 6.54 Å². The first-order valence-corrected chi connectivity index (χ1v) is 6.73. The molecular weight excluding hydrogens is 226 g/mol. The Bertz CT molecular complexity index is 403. The van der Waals surface area contributed by atoms with Crippen LogP contribution in [0.5, 0.6) is 0 Å². The molecule has 3 heteroatoms. The maximum atomic E-state index is 11.6. The number of carboxylic acids is 1. The Kier molecular flexibility index (Phi) is 4.02. The van der Waals surface area contributed by atoms with Gasteiger partial charge in [0.15, 0.2) is 0 Å². The lowest BCUT2D eigenvalue weighted by molar-refractivity contribution is -0.144. The van der Waals surface area contributed by atoms with E-state index in [1.165, 1.54) is 11.1 Å². The SMILES string of the molecule is CCCCCNC1(C(=O)O)Cc2ccccc2C1. The van der Waals surface area contributed by atoms with Crippen LogP contribution >= 0.6 is 0 Å². The summed E-state index contributed by atoms with van der Waals surface area (Å²) in [7, 11) is 0. The maximum Gasteiger partial charge on any atom is 0.324 e.